The van der Waals surface area contributed by atoms with Crippen molar-refractivity contribution < 1.29 is 22.1 Å². The van der Waals surface area contributed by atoms with Gasteiger partial charge in [-0.05, 0) is 32.6 Å². The van der Waals surface area contributed by atoms with Crippen LogP contribution in [0.3, 0.4) is 0 Å². The molecule has 2 aliphatic rings. The molecule has 134 valence electrons. The molecule has 2 unspecified atom stereocenters. The van der Waals surface area contributed by atoms with E-state index in [9.17, 15) is 4.79 Å². The second-order valence-electron chi connectivity index (χ2n) is 7.67. The van der Waals surface area contributed by atoms with E-state index in [1.807, 2.05) is 0 Å². The SMILES string of the molecule is Cc1ccc(C2CCCC[NH+]2CCC(=O)C2CCCCC2)cc1.[Cl-]. The van der Waals surface area contributed by atoms with Gasteiger partial charge in [0.15, 0.2) is 0 Å². The first-order valence-electron chi connectivity index (χ1n) is 9.68. The Morgan fingerprint density at radius 2 is 1.67 bits per heavy atom. The van der Waals surface area contributed by atoms with Crippen LogP contribution in [0.5, 0.6) is 0 Å². The Morgan fingerprint density at radius 3 is 2.38 bits per heavy atom. The van der Waals surface area contributed by atoms with Gasteiger partial charge >= 0.3 is 0 Å². The van der Waals surface area contributed by atoms with Crippen molar-refractivity contribution in [2.24, 2.45) is 5.92 Å². The van der Waals surface area contributed by atoms with Crippen molar-refractivity contribution in [1.29, 1.82) is 0 Å². The Kier molecular flexibility index (Phi) is 7.77. The summed E-state index contributed by atoms with van der Waals surface area (Å²) < 4.78 is 0. The predicted molar refractivity (Wildman–Crippen MR) is 94.7 cm³/mol. The summed E-state index contributed by atoms with van der Waals surface area (Å²) in [6.45, 7) is 4.42. The first kappa shape index (κ1) is 19.5. The average molecular weight is 350 g/mol. The van der Waals surface area contributed by atoms with Crippen LogP contribution in [-0.2, 0) is 4.79 Å². The number of hydrogen-bond donors (Lipinski definition) is 1. The van der Waals surface area contributed by atoms with Crippen molar-refractivity contribution in [3.8, 4) is 0 Å². The Balaban J connectivity index is 0.00000208. The second-order valence-corrected chi connectivity index (χ2v) is 7.67. The third-order valence-electron chi connectivity index (χ3n) is 5.97. The zero-order valence-electron chi connectivity index (χ0n) is 15.0. The minimum atomic E-state index is 0. The number of halogens is 1. The smallest absolute Gasteiger partial charge is 0.141 e. The highest BCUT2D eigenvalue weighted by atomic mass is 35.5. The lowest BCUT2D eigenvalue weighted by molar-refractivity contribution is -0.936. The molecule has 1 N–H and O–H groups in total. The molecule has 2 atom stereocenters. The van der Waals surface area contributed by atoms with Gasteiger partial charge in [0, 0.05) is 17.9 Å². The van der Waals surface area contributed by atoms with Gasteiger partial charge < -0.3 is 17.3 Å². The van der Waals surface area contributed by atoms with Gasteiger partial charge in [0.25, 0.3) is 0 Å². The summed E-state index contributed by atoms with van der Waals surface area (Å²) in [7, 11) is 0. The maximum atomic E-state index is 12.5. The number of aryl methyl sites for hydroxylation is 1. The molecule has 0 radical (unpaired) electrons. The minimum Gasteiger partial charge on any atom is -1.00 e. The van der Waals surface area contributed by atoms with Crippen molar-refractivity contribution in [3.05, 3.63) is 35.4 Å². The van der Waals surface area contributed by atoms with Crippen LogP contribution >= 0.6 is 0 Å². The summed E-state index contributed by atoms with van der Waals surface area (Å²) in [5, 5.41) is 0. The third-order valence-corrected chi connectivity index (χ3v) is 5.97. The van der Waals surface area contributed by atoms with Crippen LogP contribution in [0.15, 0.2) is 24.3 Å². The summed E-state index contributed by atoms with van der Waals surface area (Å²) in [6.07, 6.45) is 10.9. The fourth-order valence-corrected chi connectivity index (χ4v) is 4.49. The normalized spacial score (nSPS) is 25.0. The van der Waals surface area contributed by atoms with Crippen LogP contribution in [0.1, 0.15) is 75.0 Å². The monoisotopic (exact) mass is 349 g/mol. The average Bonchev–Trinajstić information content (AvgIpc) is 2.61. The number of benzene rings is 1. The van der Waals surface area contributed by atoms with Crippen molar-refractivity contribution in [1.82, 2.24) is 0 Å². The number of carbonyl (C=O) groups is 1. The van der Waals surface area contributed by atoms with Gasteiger partial charge in [-0.3, -0.25) is 4.79 Å². The van der Waals surface area contributed by atoms with Gasteiger partial charge in [0.1, 0.15) is 11.8 Å². The number of ketones is 1. The van der Waals surface area contributed by atoms with E-state index >= 15 is 0 Å². The Hall–Kier alpha value is -0.860. The van der Waals surface area contributed by atoms with E-state index < -0.39 is 0 Å². The molecule has 1 aromatic rings. The van der Waals surface area contributed by atoms with Gasteiger partial charge in [0.2, 0.25) is 0 Å². The lowest BCUT2D eigenvalue weighted by Crippen LogP contribution is -3.13. The maximum absolute atomic E-state index is 12.5. The maximum Gasteiger partial charge on any atom is 0.141 e. The molecule has 3 heteroatoms. The van der Waals surface area contributed by atoms with Gasteiger partial charge in [-0.1, -0.05) is 49.1 Å². The van der Waals surface area contributed by atoms with Crippen LogP contribution in [0.2, 0.25) is 0 Å². The summed E-state index contributed by atoms with van der Waals surface area (Å²) in [4.78, 5) is 14.2. The highest BCUT2D eigenvalue weighted by Crippen LogP contribution is 2.25. The zero-order valence-corrected chi connectivity index (χ0v) is 15.8. The molecular formula is C21H32ClNO. The molecule has 0 amide bonds. The molecule has 1 aliphatic heterocycles. The lowest BCUT2D eigenvalue weighted by Gasteiger charge is -2.33. The van der Waals surface area contributed by atoms with Crippen LogP contribution in [0.25, 0.3) is 0 Å². The number of Topliss-reactive ketones (excluding diaryl/α,β-unsaturated/α-hetero) is 1. The van der Waals surface area contributed by atoms with E-state index in [4.69, 9.17) is 0 Å². The first-order chi connectivity index (χ1) is 11.2. The van der Waals surface area contributed by atoms with Crippen LogP contribution in [0, 0.1) is 12.8 Å². The molecule has 2 nitrogen and oxygen atoms in total. The number of rotatable bonds is 5. The van der Waals surface area contributed by atoms with Gasteiger partial charge in [-0.25, -0.2) is 0 Å². The van der Waals surface area contributed by atoms with E-state index in [2.05, 4.69) is 31.2 Å². The quantitative estimate of drug-likeness (QED) is 0.828. The van der Waals surface area contributed by atoms with E-state index in [1.54, 1.807) is 4.90 Å². The Labute approximate surface area is 153 Å². The number of hydrogen-bond acceptors (Lipinski definition) is 1. The number of nitrogens with one attached hydrogen (secondary N) is 1. The summed E-state index contributed by atoms with van der Waals surface area (Å²) in [5.41, 5.74) is 2.80. The summed E-state index contributed by atoms with van der Waals surface area (Å²) >= 11 is 0. The van der Waals surface area contributed by atoms with E-state index in [0.717, 1.165) is 25.8 Å². The fraction of sp³-hybridized carbons (Fsp3) is 0.667. The number of likely N-dealkylation sites (tertiary alicyclic amines) is 1. The Bertz CT molecular complexity index is 507. The number of carbonyl (C=O) groups excluding carboxylic acids is 1. The Morgan fingerprint density at radius 1 is 1.00 bits per heavy atom. The predicted octanol–water partition coefficient (Wildman–Crippen LogP) is 0.648. The molecular weight excluding hydrogens is 318 g/mol. The highest BCUT2D eigenvalue weighted by Gasteiger charge is 2.29. The molecule has 1 aliphatic carbocycles. The zero-order chi connectivity index (χ0) is 16.1. The van der Waals surface area contributed by atoms with Crippen LogP contribution in [-0.4, -0.2) is 18.9 Å². The standard InChI is InChI=1S/C21H31NO.ClH/c1-17-10-12-18(13-11-17)20-9-5-6-15-22(20)16-14-21(23)19-7-3-2-4-8-19;/h10-13,19-20H,2-9,14-16H2,1H3;1H. The molecule has 1 heterocycles. The molecule has 1 saturated heterocycles. The first-order valence-corrected chi connectivity index (χ1v) is 9.68. The van der Waals surface area contributed by atoms with Gasteiger partial charge in [-0.2, -0.15) is 0 Å². The minimum absolute atomic E-state index is 0. The molecule has 24 heavy (non-hydrogen) atoms. The van der Waals surface area contributed by atoms with Crippen molar-refractivity contribution >= 4 is 5.78 Å². The third kappa shape index (κ3) is 5.07. The van der Waals surface area contributed by atoms with Crippen molar-refractivity contribution in [2.45, 2.75) is 70.8 Å². The molecule has 1 saturated carbocycles. The fourth-order valence-electron chi connectivity index (χ4n) is 4.49. The summed E-state index contributed by atoms with van der Waals surface area (Å²) in [6, 6.07) is 9.66. The molecule has 2 fully saturated rings. The second kappa shape index (κ2) is 9.58. The van der Waals surface area contributed by atoms with Gasteiger partial charge in [0.05, 0.1) is 19.5 Å². The van der Waals surface area contributed by atoms with Crippen molar-refractivity contribution in [2.75, 3.05) is 13.1 Å². The molecule has 3 rings (SSSR count). The molecule has 1 aromatic carbocycles. The largest absolute Gasteiger partial charge is 1.00 e. The highest BCUT2D eigenvalue weighted by molar-refractivity contribution is 5.81. The lowest BCUT2D eigenvalue weighted by atomic mass is 9.85. The number of quaternary nitrogens is 1. The van der Waals surface area contributed by atoms with Gasteiger partial charge in [-0.15, -0.1) is 0 Å². The van der Waals surface area contributed by atoms with Crippen LogP contribution in [0.4, 0.5) is 0 Å². The van der Waals surface area contributed by atoms with Crippen LogP contribution < -0.4 is 17.3 Å². The topological polar surface area (TPSA) is 21.5 Å². The van der Waals surface area contributed by atoms with Crippen molar-refractivity contribution in [3.63, 3.8) is 0 Å². The van der Waals surface area contributed by atoms with E-state index in [0.29, 0.717) is 17.7 Å². The molecule has 0 spiro atoms. The molecule has 0 bridgehead atoms. The van der Waals surface area contributed by atoms with E-state index in [1.165, 1.54) is 56.2 Å². The summed E-state index contributed by atoms with van der Waals surface area (Å²) in [5.74, 6) is 0.927. The number of piperidine rings is 1. The van der Waals surface area contributed by atoms with E-state index in [-0.39, 0.29) is 12.4 Å². The molecule has 0 aromatic heterocycles.